The Balaban J connectivity index is 2.19. The van der Waals surface area contributed by atoms with Crippen molar-refractivity contribution < 1.29 is 28.9 Å². The van der Waals surface area contributed by atoms with E-state index in [1.54, 1.807) is 42.5 Å². The van der Waals surface area contributed by atoms with Crippen molar-refractivity contribution in [2.75, 3.05) is 48.0 Å². The van der Waals surface area contributed by atoms with Gasteiger partial charge in [-0.1, -0.05) is 0 Å². The molecule has 2 aromatic rings. The molecular formula is C25H30N2O6. The fourth-order valence-electron chi connectivity index (χ4n) is 3.83. The van der Waals surface area contributed by atoms with Crippen molar-refractivity contribution in [3.05, 3.63) is 59.2 Å². The Kier molecular flexibility index (Phi) is 7.60. The maximum Gasteiger partial charge on any atom is 0.295 e. The molecule has 0 radical (unpaired) electrons. The number of carbonyl (C=O) groups is 2. The molecule has 2 aromatic carbocycles. The van der Waals surface area contributed by atoms with Gasteiger partial charge < -0.3 is 29.1 Å². The zero-order valence-electron chi connectivity index (χ0n) is 19.6. The molecule has 1 aliphatic heterocycles. The van der Waals surface area contributed by atoms with Crippen molar-refractivity contribution in [3.8, 4) is 17.2 Å². The van der Waals surface area contributed by atoms with Crippen LogP contribution in [0.5, 0.6) is 17.2 Å². The molecule has 176 valence electrons. The van der Waals surface area contributed by atoms with Crippen molar-refractivity contribution in [1.82, 2.24) is 9.80 Å². The summed E-state index contributed by atoms with van der Waals surface area (Å²) in [5.74, 6) is 0.0135. The Labute approximate surface area is 194 Å². The molecule has 33 heavy (non-hydrogen) atoms. The van der Waals surface area contributed by atoms with Crippen LogP contribution in [0.3, 0.4) is 0 Å². The number of methoxy groups -OCH3 is 2. The average molecular weight is 455 g/mol. The zero-order chi connectivity index (χ0) is 24.1. The number of aliphatic hydroxyl groups is 1. The lowest BCUT2D eigenvalue weighted by Crippen LogP contribution is -2.35. The number of carbonyl (C=O) groups excluding carboxylic acids is 2. The van der Waals surface area contributed by atoms with E-state index in [0.717, 1.165) is 0 Å². The van der Waals surface area contributed by atoms with E-state index in [-0.39, 0.29) is 11.3 Å². The van der Waals surface area contributed by atoms with E-state index in [2.05, 4.69) is 0 Å². The molecule has 0 bridgehead atoms. The predicted octanol–water partition coefficient (Wildman–Crippen LogP) is 3.09. The Hall–Kier alpha value is -3.52. The first-order valence-corrected chi connectivity index (χ1v) is 10.7. The molecule has 0 spiro atoms. The minimum absolute atomic E-state index is 0.00877. The molecule has 0 aliphatic carbocycles. The fraction of sp³-hybridized carbons (Fsp3) is 0.360. The highest BCUT2D eigenvalue weighted by Crippen LogP contribution is 2.43. The molecule has 1 amide bonds. The van der Waals surface area contributed by atoms with Gasteiger partial charge in [0, 0.05) is 24.2 Å². The third-order valence-electron chi connectivity index (χ3n) is 5.50. The number of nitrogens with zero attached hydrogens (tertiary/aromatic N) is 2. The van der Waals surface area contributed by atoms with Crippen LogP contribution < -0.4 is 14.2 Å². The summed E-state index contributed by atoms with van der Waals surface area (Å²) in [6.45, 7) is 3.23. The van der Waals surface area contributed by atoms with Gasteiger partial charge in [0.1, 0.15) is 23.0 Å². The van der Waals surface area contributed by atoms with Crippen LogP contribution in [0.2, 0.25) is 0 Å². The number of likely N-dealkylation sites (tertiary alicyclic amines) is 1. The maximum atomic E-state index is 13.2. The topological polar surface area (TPSA) is 88.5 Å². The summed E-state index contributed by atoms with van der Waals surface area (Å²) in [5.41, 5.74) is 0.979. The molecule has 0 aromatic heterocycles. The van der Waals surface area contributed by atoms with Gasteiger partial charge in [0.25, 0.3) is 11.7 Å². The van der Waals surface area contributed by atoms with Crippen LogP contribution in [-0.4, -0.2) is 74.6 Å². The van der Waals surface area contributed by atoms with Crippen molar-refractivity contribution in [1.29, 1.82) is 0 Å². The average Bonchev–Trinajstić information content (AvgIpc) is 3.07. The second-order valence-electron chi connectivity index (χ2n) is 7.86. The molecule has 1 fully saturated rings. The van der Waals surface area contributed by atoms with Crippen molar-refractivity contribution in [3.63, 3.8) is 0 Å². The quantitative estimate of drug-likeness (QED) is 0.354. The van der Waals surface area contributed by atoms with E-state index < -0.39 is 17.7 Å². The highest BCUT2D eigenvalue weighted by Gasteiger charge is 2.47. The molecule has 1 saturated heterocycles. The molecule has 8 heteroatoms. The molecule has 1 aliphatic rings. The second kappa shape index (κ2) is 10.4. The molecular weight excluding hydrogens is 424 g/mol. The van der Waals surface area contributed by atoms with Gasteiger partial charge in [-0.3, -0.25) is 9.59 Å². The van der Waals surface area contributed by atoms with E-state index in [9.17, 15) is 14.7 Å². The van der Waals surface area contributed by atoms with Gasteiger partial charge in [0.2, 0.25) is 0 Å². The van der Waals surface area contributed by atoms with Gasteiger partial charge in [-0.15, -0.1) is 0 Å². The Morgan fingerprint density at radius 2 is 1.70 bits per heavy atom. The minimum atomic E-state index is -0.832. The summed E-state index contributed by atoms with van der Waals surface area (Å²) >= 11 is 0. The van der Waals surface area contributed by atoms with E-state index in [4.69, 9.17) is 14.2 Å². The maximum absolute atomic E-state index is 13.2. The van der Waals surface area contributed by atoms with Crippen LogP contribution in [0.1, 0.15) is 24.1 Å². The molecule has 0 unspecified atom stereocenters. The van der Waals surface area contributed by atoms with Crippen LogP contribution in [0.4, 0.5) is 0 Å². The molecule has 0 saturated carbocycles. The lowest BCUT2D eigenvalue weighted by molar-refractivity contribution is -0.140. The lowest BCUT2D eigenvalue weighted by Gasteiger charge is -2.28. The standard InChI is InChI=1S/C25H30N2O6/c1-6-33-17-9-7-16(8-10-17)23(28)21-22(19-15-18(31-4)11-12-20(19)32-5)27(14-13-26(2)3)25(30)24(21)29/h7-12,15,22,28H,6,13-14H2,1-5H3/b23-21+/t22-/m0/s1. The first-order valence-electron chi connectivity index (χ1n) is 10.7. The van der Waals surface area contributed by atoms with Crippen molar-refractivity contribution in [2.24, 2.45) is 0 Å². The molecule has 1 atom stereocenters. The molecule has 3 rings (SSSR count). The third-order valence-corrected chi connectivity index (χ3v) is 5.50. The number of ketones is 1. The summed E-state index contributed by atoms with van der Waals surface area (Å²) in [6.07, 6.45) is 0. The number of aliphatic hydroxyl groups excluding tert-OH is 1. The second-order valence-corrected chi connectivity index (χ2v) is 7.86. The Morgan fingerprint density at radius 3 is 2.27 bits per heavy atom. The SMILES string of the molecule is CCOc1ccc(/C(O)=C2\C(=O)C(=O)N(CCN(C)C)[C@H]2c2cc(OC)ccc2OC)cc1. The van der Waals surface area contributed by atoms with Gasteiger partial charge in [0.05, 0.1) is 32.4 Å². The number of rotatable bonds is 9. The summed E-state index contributed by atoms with van der Waals surface area (Å²) in [6, 6.07) is 11.1. The van der Waals surface area contributed by atoms with E-state index in [1.807, 2.05) is 25.9 Å². The van der Waals surface area contributed by atoms with Gasteiger partial charge in [0.15, 0.2) is 0 Å². The third kappa shape index (κ3) is 4.96. The van der Waals surface area contributed by atoms with Crippen molar-refractivity contribution >= 4 is 17.4 Å². The van der Waals surface area contributed by atoms with Crippen LogP contribution in [0.15, 0.2) is 48.0 Å². The largest absolute Gasteiger partial charge is 0.507 e. The van der Waals surface area contributed by atoms with Gasteiger partial charge in [-0.2, -0.15) is 0 Å². The van der Waals surface area contributed by atoms with E-state index >= 15 is 0 Å². The summed E-state index contributed by atoms with van der Waals surface area (Å²) in [5, 5.41) is 11.2. The van der Waals surface area contributed by atoms with Crippen LogP contribution in [0.25, 0.3) is 5.76 Å². The van der Waals surface area contributed by atoms with Gasteiger partial charge >= 0.3 is 0 Å². The number of benzene rings is 2. The Bertz CT molecular complexity index is 1050. The Morgan fingerprint density at radius 1 is 1.03 bits per heavy atom. The van der Waals surface area contributed by atoms with E-state index in [0.29, 0.717) is 48.1 Å². The number of hydrogen-bond donors (Lipinski definition) is 1. The normalized spacial score (nSPS) is 17.5. The summed E-state index contributed by atoms with van der Waals surface area (Å²) in [4.78, 5) is 29.6. The smallest absolute Gasteiger partial charge is 0.295 e. The van der Waals surface area contributed by atoms with Gasteiger partial charge in [-0.25, -0.2) is 0 Å². The molecule has 8 nitrogen and oxygen atoms in total. The number of ether oxygens (including phenoxy) is 3. The lowest BCUT2D eigenvalue weighted by atomic mass is 9.94. The monoisotopic (exact) mass is 454 g/mol. The number of hydrogen-bond acceptors (Lipinski definition) is 7. The number of Topliss-reactive ketones (excluding diaryl/α,β-unsaturated/α-hetero) is 1. The minimum Gasteiger partial charge on any atom is -0.507 e. The van der Waals surface area contributed by atoms with Gasteiger partial charge in [-0.05, 0) is 63.5 Å². The summed E-state index contributed by atoms with van der Waals surface area (Å²) in [7, 11) is 6.83. The van der Waals surface area contributed by atoms with E-state index in [1.165, 1.54) is 19.1 Å². The number of likely N-dealkylation sites (N-methyl/N-ethyl adjacent to an activating group) is 1. The van der Waals surface area contributed by atoms with Crippen molar-refractivity contribution in [2.45, 2.75) is 13.0 Å². The first kappa shape index (κ1) is 24.1. The van der Waals surface area contributed by atoms with Crippen LogP contribution in [-0.2, 0) is 9.59 Å². The number of amides is 1. The predicted molar refractivity (Wildman–Crippen MR) is 125 cm³/mol. The zero-order valence-corrected chi connectivity index (χ0v) is 19.6. The fourth-order valence-corrected chi connectivity index (χ4v) is 3.83. The molecule has 1 heterocycles. The summed E-state index contributed by atoms with van der Waals surface area (Å²) < 4.78 is 16.4. The van der Waals surface area contributed by atoms with Crippen LogP contribution >= 0.6 is 0 Å². The van der Waals surface area contributed by atoms with Crippen LogP contribution in [0, 0.1) is 0 Å². The highest BCUT2D eigenvalue weighted by molar-refractivity contribution is 6.46. The highest BCUT2D eigenvalue weighted by atomic mass is 16.5. The molecule has 1 N–H and O–H groups in total. The first-order chi connectivity index (χ1) is 15.8.